The van der Waals surface area contributed by atoms with Crippen molar-refractivity contribution in [2.45, 2.75) is 18.8 Å². The molecule has 2 aromatic rings. The van der Waals surface area contributed by atoms with Gasteiger partial charge in [-0.2, -0.15) is 5.10 Å². The molecule has 3 rings (SSSR count). The smallest absolute Gasteiger partial charge is 0.0849 e. The van der Waals surface area contributed by atoms with E-state index in [0.29, 0.717) is 5.92 Å². The molecule has 0 bridgehead atoms. The molecule has 0 spiro atoms. The largest absolute Gasteiger partial charge is 0.387 e. The van der Waals surface area contributed by atoms with Crippen molar-refractivity contribution in [3.63, 3.8) is 0 Å². The number of rotatable bonds is 3. The Morgan fingerprint density at radius 3 is 3.00 bits per heavy atom. The second-order valence-corrected chi connectivity index (χ2v) is 4.14. The minimum Gasteiger partial charge on any atom is -0.387 e. The maximum atomic E-state index is 4.57. The summed E-state index contributed by atoms with van der Waals surface area (Å²) in [5.41, 5.74) is 3.20. The van der Waals surface area contributed by atoms with E-state index in [1.54, 1.807) is 6.20 Å². The van der Waals surface area contributed by atoms with Crippen LogP contribution >= 0.6 is 0 Å². The van der Waals surface area contributed by atoms with Gasteiger partial charge < -0.3 is 5.32 Å². The van der Waals surface area contributed by atoms with Crippen LogP contribution in [0.3, 0.4) is 0 Å². The molecular weight excluding hydrogens is 200 g/mol. The van der Waals surface area contributed by atoms with E-state index < -0.39 is 0 Å². The fourth-order valence-corrected chi connectivity index (χ4v) is 1.77. The molecular formula is C12H14N4. The van der Waals surface area contributed by atoms with Crippen LogP contribution in [0.4, 0.5) is 5.69 Å². The van der Waals surface area contributed by atoms with E-state index in [4.69, 9.17) is 0 Å². The van der Waals surface area contributed by atoms with E-state index in [9.17, 15) is 0 Å². The average molecular weight is 214 g/mol. The Labute approximate surface area is 94.3 Å². The molecule has 1 fully saturated rings. The zero-order chi connectivity index (χ0) is 11.0. The van der Waals surface area contributed by atoms with Crippen LogP contribution in [0.2, 0.25) is 0 Å². The third-order valence-electron chi connectivity index (χ3n) is 2.88. The van der Waals surface area contributed by atoms with Gasteiger partial charge in [-0.15, -0.1) is 0 Å². The van der Waals surface area contributed by atoms with Crippen molar-refractivity contribution < 1.29 is 0 Å². The third-order valence-corrected chi connectivity index (χ3v) is 2.88. The Morgan fingerprint density at radius 1 is 1.38 bits per heavy atom. The summed E-state index contributed by atoms with van der Waals surface area (Å²) in [6, 6.07) is 4.14. The molecule has 0 aliphatic heterocycles. The summed E-state index contributed by atoms with van der Waals surface area (Å²) in [6.45, 7) is 0. The summed E-state index contributed by atoms with van der Waals surface area (Å²) in [7, 11) is 1.89. The van der Waals surface area contributed by atoms with Crippen molar-refractivity contribution >= 4 is 5.69 Å². The SMILES string of the molecule is CNc1cncc(-n2ccc(C3CC3)n2)c1. The molecule has 16 heavy (non-hydrogen) atoms. The lowest BCUT2D eigenvalue weighted by Crippen LogP contribution is -1.98. The number of nitrogens with one attached hydrogen (secondary N) is 1. The number of hydrogen-bond donors (Lipinski definition) is 1. The van der Waals surface area contributed by atoms with Crippen LogP contribution in [0.25, 0.3) is 5.69 Å². The summed E-state index contributed by atoms with van der Waals surface area (Å²) in [5, 5.41) is 7.64. The highest BCUT2D eigenvalue weighted by molar-refractivity contribution is 5.47. The van der Waals surface area contributed by atoms with Gasteiger partial charge in [0.25, 0.3) is 0 Å². The van der Waals surface area contributed by atoms with Crippen LogP contribution in [-0.4, -0.2) is 21.8 Å². The summed E-state index contributed by atoms with van der Waals surface area (Å²) >= 11 is 0. The van der Waals surface area contributed by atoms with Crippen molar-refractivity contribution in [1.29, 1.82) is 0 Å². The highest BCUT2D eigenvalue weighted by Crippen LogP contribution is 2.39. The first-order valence-corrected chi connectivity index (χ1v) is 5.55. The van der Waals surface area contributed by atoms with Gasteiger partial charge in [0, 0.05) is 19.2 Å². The summed E-state index contributed by atoms with van der Waals surface area (Å²) < 4.78 is 1.89. The van der Waals surface area contributed by atoms with Crippen molar-refractivity contribution in [3.8, 4) is 5.69 Å². The van der Waals surface area contributed by atoms with Crippen LogP contribution in [0.5, 0.6) is 0 Å². The molecule has 1 saturated carbocycles. The maximum absolute atomic E-state index is 4.57. The molecule has 4 heteroatoms. The highest BCUT2D eigenvalue weighted by atomic mass is 15.3. The van der Waals surface area contributed by atoms with Gasteiger partial charge in [-0.25, -0.2) is 4.68 Å². The lowest BCUT2D eigenvalue weighted by Gasteiger charge is -2.03. The van der Waals surface area contributed by atoms with Gasteiger partial charge in [0.1, 0.15) is 0 Å². The molecule has 0 unspecified atom stereocenters. The van der Waals surface area contributed by atoms with Crippen molar-refractivity contribution in [3.05, 3.63) is 36.4 Å². The maximum Gasteiger partial charge on any atom is 0.0849 e. The summed E-state index contributed by atoms with van der Waals surface area (Å²) in [4.78, 5) is 4.18. The minimum atomic E-state index is 0.696. The van der Waals surface area contributed by atoms with Crippen LogP contribution in [0, 0.1) is 0 Å². The topological polar surface area (TPSA) is 42.7 Å². The second kappa shape index (κ2) is 3.63. The number of aromatic nitrogens is 3. The van der Waals surface area contributed by atoms with E-state index in [0.717, 1.165) is 11.4 Å². The lowest BCUT2D eigenvalue weighted by molar-refractivity contribution is 0.833. The Kier molecular flexibility index (Phi) is 2.13. The molecule has 0 atom stereocenters. The zero-order valence-corrected chi connectivity index (χ0v) is 9.22. The Morgan fingerprint density at radius 2 is 2.25 bits per heavy atom. The summed E-state index contributed by atoms with van der Waals surface area (Å²) in [6.07, 6.45) is 8.20. The Balaban J connectivity index is 1.93. The molecule has 0 radical (unpaired) electrons. The van der Waals surface area contributed by atoms with Crippen LogP contribution in [0.15, 0.2) is 30.7 Å². The van der Waals surface area contributed by atoms with Crippen LogP contribution < -0.4 is 5.32 Å². The van der Waals surface area contributed by atoms with E-state index >= 15 is 0 Å². The Bertz CT molecular complexity index is 499. The lowest BCUT2D eigenvalue weighted by atomic mass is 10.3. The number of pyridine rings is 1. The van der Waals surface area contributed by atoms with Crippen molar-refractivity contribution in [2.75, 3.05) is 12.4 Å². The zero-order valence-electron chi connectivity index (χ0n) is 9.22. The fourth-order valence-electron chi connectivity index (χ4n) is 1.77. The molecule has 0 aromatic carbocycles. The predicted molar refractivity (Wildman–Crippen MR) is 62.9 cm³/mol. The minimum absolute atomic E-state index is 0.696. The normalized spacial score (nSPS) is 15.1. The fraction of sp³-hybridized carbons (Fsp3) is 0.333. The van der Waals surface area contributed by atoms with Crippen LogP contribution in [0.1, 0.15) is 24.5 Å². The molecule has 4 nitrogen and oxygen atoms in total. The van der Waals surface area contributed by atoms with E-state index in [-0.39, 0.29) is 0 Å². The van der Waals surface area contributed by atoms with Crippen LogP contribution in [-0.2, 0) is 0 Å². The second-order valence-electron chi connectivity index (χ2n) is 4.14. The number of anilines is 1. The molecule has 0 saturated heterocycles. The standard InChI is InChI=1S/C12H14N4/c1-13-10-6-11(8-14-7-10)16-5-4-12(15-16)9-2-3-9/h4-9,13H,2-3H2,1H3. The highest BCUT2D eigenvalue weighted by Gasteiger charge is 2.25. The van der Waals surface area contributed by atoms with E-state index in [1.807, 2.05) is 30.2 Å². The van der Waals surface area contributed by atoms with Gasteiger partial charge in [0.05, 0.1) is 29.5 Å². The van der Waals surface area contributed by atoms with E-state index in [1.165, 1.54) is 18.5 Å². The van der Waals surface area contributed by atoms with Crippen molar-refractivity contribution in [1.82, 2.24) is 14.8 Å². The molecule has 2 heterocycles. The molecule has 1 aliphatic carbocycles. The van der Waals surface area contributed by atoms with E-state index in [2.05, 4.69) is 21.5 Å². The molecule has 1 aliphatic rings. The Hall–Kier alpha value is -1.84. The molecule has 1 N–H and O–H groups in total. The van der Waals surface area contributed by atoms with Gasteiger partial charge in [0.15, 0.2) is 0 Å². The monoisotopic (exact) mass is 214 g/mol. The molecule has 82 valence electrons. The number of nitrogens with zero attached hydrogens (tertiary/aromatic N) is 3. The number of hydrogen-bond acceptors (Lipinski definition) is 3. The molecule has 0 amide bonds. The third kappa shape index (κ3) is 1.66. The van der Waals surface area contributed by atoms with Crippen molar-refractivity contribution in [2.24, 2.45) is 0 Å². The average Bonchev–Trinajstić information content (AvgIpc) is 3.07. The van der Waals surface area contributed by atoms with Gasteiger partial charge in [0.2, 0.25) is 0 Å². The summed E-state index contributed by atoms with van der Waals surface area (Å²) in [5.74, 6) is 0.696. The first-order chi connectivity index (χ1) is 7.86. The van der Waals surface area contributed by atoms with Gasteiger partial charge >= 0.3 is 0 Å². The van der Waals surface area contributed by atoms with Gasteiger partial charge in [-0.05, 0) is 25.0 Å². The van der Waals surface area contributed by atoms with Gasteiger partial charge in [-0.3, -0.25) is 4.98 Å². The first-order valence-electron chi connectivity index (χ1n) is 5.55. The quantitative estimate of drug-likeness (QED) is 0.851. The molecule has 2 aromatic heterocycles. The predicted octanol–water partition coefficient (Wildman–Crippen LogP) is 2.19. The first kappa shape index (κ1) is 9.39. The van der Waals surface area contributed by atoms with Gasteiger partial charge in [-0.1, -0.05) is 0 Å².